The molecule has 1 saturated carbocycles. The van der Waals surface area contributed by atoms with Crippen LogP contribution in [-0.4, -0.2) is 9.38 Å². The van der Waals surface area contributed by atoms with Crippen LogP contribution in [0.4, 0.5) is 0 Å². The van der Waals surface area contributed by atoms with Crippen molar-refractivity contribution in [2.24, 2.45) is 5.41 Å². The minimum atomic E-state index is 0.619. The molecular formula is C16H20N2. The molecule has 4 rings (SSSR count). The number of aryl methyl sites for hydroxylation is 2. The van der Waals surface area contributed by atoms with E-state index < -0.39 is 0 Å². The third-order valence-corrected chi connectivity index (χ3v) is 5.06. The van der Waals surface area contributed by atoms with Gasteiger partial charge in [0, 0.05) is 11.9 Å². The molecule has 1 fully saturated rings. The Bertz CT molecular complexity index is 603. The van der Waals surface area contributed by atoms with Crippen LogP contribution in [0.2, 0.25) is 0 Å². The van der Waals surface area contributed by atoms with Crippen molar-refractivity contribution in [3.05, 3.63) is 35.3 Å². The van der Waals surface area contributed by atoms with Gasteiger partial charge in [0.2, 0.25) is 0 Å². The van der Waals surface area contributed by atoms with Crippen molar-refractivity contribution in [1.82, 2.24) is 9.38 Å². The van der Waals surface area contributed by atoms with Crippen LogP contribution in [0.25, 0.3) is 5.65 Å². The van der Waals surface area contributed by atoms with Gasteiger partial charge in [0.05, 0.1) is 5.69 Å². The first-order valence-corrected chi connectivity index (χ1v) is 7.22. The lowest BCUT2D eigenvalue weighted by Gasteiger charge is -2.32. The van der Waals surface area contributed by atoms with Crippen molar-refractivity contribution in [3.63, 3.8) is 0 Å². The Kier molecular flexibility index (Phi) is 2.12. The summed E-state index contributed by atoms with van der Waals surface area (Å²) < 4.78 is 2.33. The van der Waals surface area contributed by atoms with E-state index in [-0.39, 0.29) is 0 Å². The zero-order valence-corrected chi connectivity index (χ0v) is 11.1. The quantitative estimate of drug-likeness (QED) is 0.686. The second-order valence-corrected chi connectivity index (χ2v) is 6.32. The van der Waals surface area contributed by atoms with E-state index in [9.17, 15) is 0 Å². The molecule has 18 heavy (non-hydrogen) atoms. The zero-order chi connectivity index (χ0) is 12.2. The third kappa shape index (κ3) is 1.44. The molecule has 2 nitrogen and oxygen atoms in total. The van der Waals surface area contributed by atoms with Crippen LogP contribution in [0.5, 0.6) is 0 Å². The number of imidazole rings is 1. The van der Waals surface area contributed by atoms with Gasteiger partial charge in [-0.15, -0.1) is 0 Å². The summed E-state index contributed by atoms with van der Waals surface area (Å²) in [5.41, 5.74) is 5.93. The largest absolute Gasteiger partial charge is 0.304 e. The SMILES string of the molecule is Cc1ccn2c3c(nc2c1)CCC1(CCCC1)C3. The van der Waals surface area contributed by atoms with E-state index in [1.54, 1.807) is 0 Å². The van der Waals surface area contributed by atoms with E-state index >= 15 is 0 Å². The van der Waals surface area contributed by atoms with Crippen LogP contribution in [0.3, 0.4) is 0 Å². The number of pyridine rings is 1. The standard InChI is InChI=1S/C16H20N2/c1-12-5-9-18-14-11-16(6-2-3-7-16)8-4-13(14)17-15(18)10-12/h5,9-10H,2-4,6-8,11H2,1H3. The molecule has 0 atom stereocenters. The molecule has 0 amide bonds. The van der Waals surface area contributed by atoms with Crippen LogP contribution >= 0.6 is 0 Å². The van der Waals surface area contributed by atoms with E-state index in [2.05, 4.69) is 29.7 Å². The van der Waals surface area contributed by atoms with Crippen molar-refractivity contribution >= 4 is 5.65 Å². The van der Waals surface area contributed by atoms with Gasteiger partial charge in [0.25, 0.3) is 0 Å². The molecule has 2 heterocycles. The predicted molar refractivity (Wildman–Crippen MR) is 72.9 cm³/mol. The van der Waals surface area contributed by atoms with Gasteiger partial charge in [-0.3, -0.25) is 0 Å². The van der Waals surface area contributed by atoms with E-state index in [1.807, 2.05) is 0 Å². The van der Waals surface area contributed by atoms with Crippen molar-refractivity contribution in [3.8, 4) is 0 Å². The lowest BCUT2D eigenvalue weighted by Crippen LogP contribution is -2.26. The first kappa shape index (κ1) is 10.6. The summed E-state index contributed by atoms with van der Waals surface area (Å²) in [5.74, 6) is 0. The second-order valence-electron chi connectivity index (χ2n) is 6.32. The Morgan fingerprint density at radius 1 is 1.22 bits per heavy atom. The Hall–Kier alpha value is -1.31. The molecule has 2 aliphatic rings. The normalized spacial score (nSPS) is 21.6. The minimum Gasteiger partial charge on any atom is -0.304 e. The topological polar surface area (TPSA) is 17.3 Å². The molecule has 0 bridgehead atoms. The first-order chi connectivity index (χ1) is 8.76. The van der Waals surface area contributed by atoms with Crippen LogP contribution < -0.4 is 0 Å². The number of hydrogen-bond donors (Lipinski definition) is 0. The Labute approximate surface area is 108 Å². The maximum absolute atomic E-state index is 4.83. The molecule has 2 heteroatoms. The number of fused-ring (bicyclic) bond motifs is 3. The fraction of sp³-hybridized carbons (Fsp3) is 0.562. The molecule has 2 aliphatic carbocycles. The average Bonchev–Trinajstić information content (AvgIpc) is 2.94. The van der Waals surface area contributed by atoms with Gasteiger partial charge >= 0.3 is 0 Å². The maximum Gasteiger partial charge on any atom is 0.137 e. The fourth-order valence-corrected chi connectivity index (χ4v) is 4.01. The Morgan fingerprint density at radius 3 is 2.89 bits per heavy atom. The van der Waals surface area contributed by atoms with Gasteiger partial charge in [-0.25, -0.2) is 4.98 Å². The highest BCUT2D eigenvalue weighted by Crippen LogP contribution is 2.47. The molecule has 0 N–H and O–H groups in total. The lowest BCUT2D eigenvalue weighted by atomic mass is 9.73. The molecule has 0 saturated heterocycles. The van der Waals surface area contributed by atoms with Gasteiger partial charge in [0.1, 0.15) is 5.65 Å². The van der Waals surface area contributed by atoms with Crippen LogP contribution in [0.15, 0.2) is 18.3 Å². The molecule has 0 aromatic carbocycles. The average molecular weight is 240 g/mol. The van der Waals surface area contributed by atoms with Crippen molar-refractivity contribution < 1.29 is 0 Å². The highest BCUT2D eigenvalue weighted by molar-refractivity contribution is 5.46. The van der Waals surface area contributed by atoms with Crippen LogP contribution in [-0.2, 0) is 12.8 Å². The second kappa shape index (κ2) is 3.59. The van der Waals surface area contributed by atoms with Gasteiger partial charge in [0.15, 0.2) is 0 Å². The summed E-state index contributed by atoms with van der Waals surface area (Å²) in [5, 5.41) is 0. The summed E-state index contributed by atoms with van der Waals surface area (Å²) >= 11 is 0. The van der Waals surface area contributed by atoms with E-state index in [0.717, 1.165) is 5.65 Å². The molecule has 1 spiro atoms. The number of rotatable bonds is 0. The summed E-state index contributed by atoms with van der Waals surface area (Å²) in [6.45, 7) is 2.14. The number of hydrogen-bond acceptors (Lipinski definition) is 1. The summed E-state index contributed by atoms with van der Waals surface area (Å²) in [4.78, 5) is 4.83. The Balaban J connectivity index is 1.84. The Morgan fingerprint density at radius 2 is 2.06 bits per heavy atom. The van der Waals surface area contributed by atoms with Gasteiger partial charge in [-0.2, -0.15) is 0 Å². The van der Waals surface area contributed by atoms with Crippen LogP contribution in [0, 0.1) is 12.3 Å². The monoisotopic (exact) mass is 240 g/mol. The number of nitrogens with zero attached hydrogens (tertiary/aromatic N) is 2. The highest BCUT2D eigenvalue weighted by Gasteiger charge is 2.38. The minimum absolute atomic E-state index is 0.619. The van der Waals surface area contributed by atoms with E-state index in [1.165, 1.54) is 61.9 Å². The van der Waals surface area contributed by atoms with Crippen molar-refractivity contribution in [2.45, 2.75) is 51.9 Å². The molecule has 0 aliphatic heterocycles. The van der Waals surface area contributed by atoms with Gasteiger partial charge in [-0.1, -0.05) is 12.8 Å². The highest BCUT2D eigenvalue weighted by atomic mass is 15.0. The van der Waals surface area contributed by atoms with Crippen LogP contribution in [0.1, 0.15) is 49.1 Å². The summed E-state index contributed by atoms with van der Waals surface area (Å²) in [7, 11) is 0. The van der Waals surface area contributed by atoms with Crippen molar-refractivity contribution in [2.75, 3.05) is 0 Å². The third-order valence-electron chi connectivity index (χ3n) is 5.06. The fourth-order valence-electron chi connectivity index (χ4n) is 4.01. The molecule has 0 unspecified atom stereocenters. The predicted octanol–water partition coefficient (Wildman–Crippen LogP) is 3.69. The van der Waals surface area contributed by atoms with Crippen molar-refractivity contribution in [1.29, 1.82) is 0 Å². The van der Waals surface area contributed by atoms with E-state index in [0.29, 0.717) is 5.41 Å². The maximum atomic E-state index is 4.83. The smallest absolute Gasteiger partial charge is 0.137 e. The number of aromatic nitrogens is 2. The molecule has 2 aromatic heterocycles. The van der Waals surface area contributed by atoms with Gasteiger partial charge in [-0.05, 0) is 62.1 Å². The van der Waals surface area contributed by atoms with E-state index in [4.69, 9.17) is 4.98 Å². The van der Waals surface area contributed by atoms with Gasteiger partial charge < -0.3 is 4.40 Å². The molecular weight excluding hydrogens is 220 g/mol. The molecule has 94 valence electrons. The zero-order valence-electron chi connectivity index (χ0n) is 11.1. The lowest BCUT2D eigenvalue weighted by molar-refractivity contribution is 0.250. The molecule has 0 radical (unpaired) electrons. The summed E-state index contributed by atoms with van der Waals surface area (Å²) in [6.07, 6.45) is 11.8. The summed E-state index contributed by atoms with van der Waals surface area (Å²) in [6, 6.07) is 4.41. The first-order valence-electron chi connectivity index (χ1n) is 7.22. The molecule has 2 aromatic rings.